The van der Waals surface area contributed by atoms with Crippen molar-refractivity contribution in [3.05, 3.63) is 49.2 Å². The van der Waals surface area contributed by atoms with Crippen LogP contribution in [0.2, 0.25) is 5.02 Å². The maximum Gasteiger partial charge on any atom is 0.432 e. The third-order valence-electron chi connectivity index (χ3n) is 3.63. The maximum absolute atomic E-state index is 14.3. The lowest BCUT2D eigenvalue weighted by molar-refractivity contribution is -0.143. The molecule has 0 saturated carbocycles. The molecule has 0 atom stereocenters. The molecule has 0 radical (unpaired) electrons. The highest BCUT2D eigenvalue weighted by atomic mass is 35.5. The van der Waals surface area contributed by atoms with E-state index in [1.807, 2.05) is 0 Å². The molecule has 0 amide bonds. The van der Waals surface area contributed by atoms with Gasteiger partial charge in [0.2, 0.25) is 0 Å². The summed E-state index contributed by atoms with van der Waals surface area (Å²) in [5.74, 6) is -0.854. The van der Waals surface area contributed by atoms with Crippen LogP contribution in [0.25, 0.3) is 6.08 Å². The predicted molar refractivity (Wildman–Crippen MR) is 110 cm³/mol. The van der Waals surface area contributed by atoms with Gasteiger partial charge in [-0.2, -0.15) is 13.2 Å². The first kappa shape index (κ1) is 25.1. The lowest BCUT2D eigenvalue weighted by Gasteiger charge is -2.16. The van der Waals surface area contributed by atoms with Crippen LogP contribution in [0.3, 0.4) is 0 Å². The first-order valence-electron chi connectivity index (χ1n) is 8.45. The van der Waals surface area contributed by atoms with Crippen LogP contribution in [0.5, 0.6) is 0 Å². The second-order valence-electron chi connectivity index (χ2n) is 5.70. The van der Waals surface area contributed by atoms with Gasteiger partial charge in [0.15, 0.2) is 4.80 Å². The normalized spacial score (nSPS) is 13.9. The number of hydrogen-bond acceptors (Lipinski definition) is 5. The van der Waals surface area contributed by atoms with E-state index in [-0.39, 0.29) is 39.1 Å². The van der Waals surface area contributed by atoms with Gasteiger partial charge in [-0.25, -0.2) is 9.38 Å². The molecule has 1 heterocycles. The number of thiazole rings is 1. The topological polar surface area (TPSA) is 52.8 Å². The summed E-state index contributed by atoms with van der Waals surface area (Å²) >= 11 is 12.9. The molecule has 0 saturated heterocycles. The van der Waals surface area contributed by atoms with E-state index in [0.29, 0.717) is 11.3 Å². The monoisotopic (exact) mass is 506 g/mol. The van der Waals surface area contributed by atoms with Crippen LogP contribution < -0.4 is 4.80 Å². The number of halogens is 6. The summed E-state index contributed by atoms with van der Waals surface area (Å²) in [5, 5.41) is 0.806. The van der Waals surface area contributed by atoms with Gasteiger partial charge in [0.05, 0.1) is 18.2 Å². The second-order valence-corrected chi connectivity index (χ2v) is 9.60. The highest BCUT2D eigenvalue weighted by Gasteiger charge is 2.34. The van der Waals surface area contributed by atoms with Crippen LogP contribution in [0.15, 0.2) is 27.3 Å². The average molecular weight is 507 g/mol. The van der Waals surface area contributed by atoms with Crippen molar-refractivity contribution in [2.75, 3.05) is 13.2 Å². The van der Waals surface area contributed by atoms with Gasteiger partial charge in [0, 0.05) is 12.4 Å². The number of rotatable bonds is 7. The number of nitrogens with zero attached hydrogens (tertiary/aromatic N) is 2. The van der Waals surface area contributed by atoms with Crippen molar-refractivity contribution in [2.24, 2.45) is 12.0 Å². The van der Waals surface area contributed by atoms with E-state index in [4.69, 9.17) is 32.2 Å². The molecule has 0 N–H and O–H groups in total. The summed E-state index contributed by atoms with van der Waals surface area (Å²) in [6.07, 6.45) is -3.39. The summed E-state index contributed by atoms with van der Waals surface area (Å²) in [5.41, 5.74) is -1.06. The van der Waals surface area contributed by atoms with Crippen LogP contribution in [0, 0.1) is 5.82 Å². The zero-order valence-corrected chi connectivity index (χ0v) is 19.2. The first-order valence-corrected chi connectivity index (χ1v) is 11.6. The lowest BCUT2D eigenvalue weighted by atomic mass is 10.2. The molecular weight excluding hydrogens is 490 g/mol. The maximum atomic E-state index is 14.3. The minimum Gasteiger partial charge on any atom is -0.316 e. The average Bonchev–Trinajstić information content (AvgIpc) is 3.00. The highest BCUT2D eigenvalue weighted by Crippen LogP contribution is 2.58. The summed E-state index contributed by atoms with van der Waals surface area (Å²) in [6.45, 7) is 3.34. The van der Waals surface area contributed by atoms with Crippen molar-refractivity contribution in [1.82, 2.24) is 4.57 Å². The van der Waals surface area contributed by atoms with E-state index in [9.17, 15) is 22.1 Å². The molecule has 0 aliphatic heterocycles. The highest BCUT2D eigenvalue weighted by molar-refractivity contribution is 7.61. The molecule has 1 aromatic heterocycles. The zero-order chi connectivity index (χ0) is 22.7. The minimum absolute atomic E-state index is 0.0650. The molecule has 166 valence electrons. The minimum atomic E-state index is -4.57. The smallest absolute Gasteiger partial charge is 0.316 e. The van der Waals surface area contributed by atoms with E-state index in [1.165, 1.54) is 19.2 Å². The SMILES string of the molecule is CCOP(=O)(OCC)/C(Cl)=C/c1cc(/N=c2\scc(C(F)(F)F)n2C)c(F)cc1Cl. The molecule has 1 aromatic carbocycles. The molecule has 0 spiro atoms. The van der Waals surface area contributed by atoms with Gasteiger partial charge < -0.3 is 13.6 Å². The van der Waals surface area contributed by atoms with Crippen molar-refractivity contribution in [3.8, 4) is 0 Å². The number of alkyl halides is 3. The molecule has 5 nitrogen and oxygen atoms in total. The molecule has 0 unspecified atom stereocenters. The van der Waals surface area contributed by atoms with Crippen molar-refractivity contribution in [1.29, 1.82) is 0 Å². The molecule has 2 rings (SSSR count). The zero-order valence-electron chi connectivity index (χ0n) is 16.0. The molecule has 2 aromatic rings. The van der Waals surface area contributed by atoms with Crippen LogP contribution in [-0.4, -0.2) is 17.8 Å². The number of aromatic nitrogens is 1. The quantitative estimate of drug-likeness (QED) is 0.302. The van der Waals surface area contributed by atoms with Crippen LogP contribution in [-0.2, 0) is 26.8 Å². The Bertz CT molecular complexity index is 1060. The third kappa shape index (κ3) is 5.75. The first-order chi connectivity index (χ1) is 13.9. The van der Waals surface area contributed by atoms with Gasteiger partial charge in [-0.15, -0.1) is 11.3 Å². The lowest BCUT2D eigenvalue weighted by Crippen LogP contribution is -2.18. The predicted octanol–water partition coefficient (Wildman–Crippen LogP) is 6.93. The van der Waals surface area contributed by atoms with Crippen LogP contribution >= 0.6 is 42.1 Å². The molecular formula is C17H17Cl2F4N2O3PS. The number of benzene rings is 1. The van der Waals surface area contributed by atoms with Crippen molar-refractivity contribution < 1.29 is 31.2 Å². The Kier molecular flexibility index (Phi) is 8.35. The summed E-state index contributed by atoms with van der Waals surface area (Å²) in [7, 11) is -2.63. The van der Waals surface area contributed by atoms with Crippen molar-refractivity contribution in [2.45, 2.75) is 20.0 Å². The van der Waals surface area contributed by atoms with E-state index in [0.717, 1.165) is 16.0 Å². The van der Waals surface area contributed by atoms with Gasteiger partial charge in [-0.3, -0.25) is 4.57 Å². The fourth-order valence-electron chi connectivity index (χ4n) is 2.29. The van der Waals surface area contributed by atoms with Gasteiger partial charge in [-0.05, 0) is 37.6 Å². The summed E-state index contributed by atoms with van der Waals surface area (Å²) < 4.78 is 76.7. The largest absolute Gasteiger partial charge is 0.432 e. The van der Waals surface area contributed by atoms with Gasteiger partial charge in [0.25, 0.3) is 0 Å². The third-order valence-corrected chi connectivity index (χ3v) is 7.45. The van der Waals surface area contributed by atoms with Crippen molar-refractivity contribution in [3.63, 3.8) is 0 Å². The van der Waals surface area contributed by atoms with Crippen LogP contribution in [0.4, 0.5) is 23.2 Å². The van der Waals surface area contributed by atoms with E-state index >= 15 is 0 Å². The Balaban J connectivity index is 2.57. The molecule has 13 heteroatoms. The molecule has 0 bridgehead atoms. The fraction of sp³-hybridized carbons (Fsp3) is 0.353. The Hall–Kier alpha value is -1.16. The van der Waals surface area contributed by atoms with E-state index in [2.05, 4.69) is 4.99 Å². The second kappa shape index (κ2) is 9.97. The van der Waals surface area contributed by atoms with Crippen LogP contribution in [0.1, 0.15) is 25.1 Å². The Labute approximate surface area is 184 Å². The molecule has 0 fully saturated rings. The van der Waals surface area contributed by atoms with E-state index in [1.54, 1.807) is 13.8 Å². The fourth-order valence-corrected chi connectivity index (χ4v) is 5.12. The molecule has 0 aliphatic rings. The van der Waals surface area contributed by atoms with Crippen molar-refractivity contribution >= 4 is 53.9 Å². The molecule has 0 aliphatic carbocycles. The Morgan fingerprint density at radius 1 is 1.30 bits per heavy atom. The van der Waals surface area contributed by atoms with E-state index < -0.39 is 25.3 Å². The molecule has 30 heavy (non-hydrogen) atoms. The van der Waals surface area contributed by atoms with Gasteiger partial charge in [0.1, 0.15) is 22.0 Å². The standard InChI is InChI=1S/C17H17Cl2F4N2O3PS/c1-4-27-29(26,28-5-2)15(19)7-10-6-13(12(20)8-11(10)18)24-16-25(3)14(9-30-16)17(21,22)23/h6-9H,4-5H2,1-3H3/b15-7+,24-16-. The summed E-state index contributed by atoms with van der Waals surface area (Å²) in [6, 6.07) is 2.11. The van der Waals surface area contributed by atoms with Gasteiger partial charge in [-0.1, -0.05) is 23.2 Å². The Morgan fingerprint density at radius 2 is 1.90 bits per heavy atom. The Morgan fingerprint density at radius 3 is 2.40 bits per heavy atom. The summed E-state index contributed by atoms with van der Waals surface area (Å²) in [4.78, 5) is 3.88. The van der Waals surface area contributed by atoms with Gasteiger partial charge >= 0.3 is 13.8 Å². The number of hydrogen-bond donors (Lipinski definition) is 0.